The minimum absolute atomic E-state index is 0.287. The van der Waals surface area contributed by atoms with Gasteiger partial charge in [-0.15, -0.1) is 0 Å². The zero-order valence-electron chi connectivity index (χ0n) is 18.5. The van der Waals surface area contributed by atoms with E-state index < -0.39 is 0 Å². The lowest BCUT2D eigenvalue weighted by molar-refractivity contribution is -0.134. The molecule has 2 saturated heterocycles. The summed E-state index contributed by atoms with van der Waals surface area (Å²) in [5, 5.41) is 0. The van der Waals surface area contributed by atoms with Crippen LogP contribution in [0.4, 0.5) is 5.69 Å². The maximum Gasteiger partial charge on any atom is 0.236 e. The molecule has 7 heteroatoms. The Hall–Kier alpha value is -1.99. The Labute approximate surface area is 180 Å². The molecule has 1 aromatic rings. The third kappa shape index (κ3) is 4.83. The van der Waals surface area contributed by atoms with Crippen LogP contribution in [0.3, 0.4) is 0 Å². The number of piperazine rings is 2. The van der Waals surface area contributed by atoms with Crippen LogP contribution in [0.15, 0.2) is 18.2 Å². The zero-order chi connectivity index (χ0) is 20.9. The first-order valence-corrected chi connectivity index (χ1v) is 11.6. The molecular formula is C23H36N4O3. The molecular weight excluding hydrogens is 380 g/mol. The molecule has 30 heavy (non-hydrogen) atoms. The SMILES string of the molecule is CCCC(CC)N1CCN(C(=O)CN2CCN(c3ccc4c(c3)OCO4)CC2)CC1. The minimum Gasteiger partial charge on any atom is -0.454 e. The number of fused-ring (bicyclic) bond motifs is 1. The summed E-state index contributed by atoms with van der Waals surface area (Å²) in [5.41, 5.74) is 1.17. The van der Waals surface area contributed by atoms with E-state index in [1.54, 1.807) is 0 Å². The molecule has 166 valence electrons. The van der Waals surface area contributed by atoms with Crippen molar-refractivity contribution in [2.75, 3.05) is 70.6 Å². The predicted molar refractivity (Wildman–Crippen MR) is 118 cm³/mol. The van der Waals surface area contributed by atoms with Gasteiger partial charge in [0.05, 0.1) is 6.54 Å². The number of rotatable bonds is 7. The maximum absolute atomic E-state index is 12.8. The lowest BCUT2D eigenvalue weighted by Crippen LogP contribution is -2.55. The first kappa shape index (κ1) is 21.2. The number of hydrogen-bond donors (Lipinski definition) is 0. The van der Waals surface area contributed by atoms with Crippen LogP contribution in [-0.2, 0) is 4.79 Å². The molecule has 2 fully saturated rings. The van der Waals surface area contributed by atoms with Crippen molar-refractivity contribution in [2.45, 2.75) is 39.2 Å². The molecule has 0 bridgehead atoms. The standard InChI is InChI=1S/C23H36N4O3/c1-3-5-19(4-2)25-12-14-27(15-13-25)23(28)17-24-8-10-26(11-9-24)20-6-7-21-22(16-20)30-18-29-21/h6-7,16,19H,3-5,8-15,17-18H2,1-2H3. The van der Waals surface area contributed by atoms with Gasteiger partial charge >= 0.3 is 0 Å². The molecule has 0 spiro atoms. The Morgan fingerprint density at radius 2 is 1.70 bits per heavy atom. The summed E-state index contributed by atoms with van der Waals surface area (Å²) < 4.78 is 10.9. The van der Waals surface area contributed by atoms with Crippen LogP contribution in [0.25, 0.3) is 0 Å². The van der Waals surface area contributed by atoms with Crippen molar-refractivity contribution >= 4 is 11.6 Å². The number of ether oxygens (including phenoxy) is 2. The zero-order valence-corrected chi connectivity index (χ0v) is 18.5. The fraction of sp³-hybridized carbons (Fsp3) is 0.696. The summed E-state index contributed by atoms with van der Waals surface area (Å²) in [7, 11) is 0. The van der Waals surface area contributed by atoms with E-state index in [9.17, 15) is 4.79 Å². The summed E-state index contributed by atoms with van der Waals surface area (Å²) in [6, 6.07) is 6.81. The number of nitrogens with zero attached hydrogens (tertiary/aromatic N) is 4. The van der Waals surface area contributed by atoms with Gasteiger partial charge in [0.2, 0.25) is 12.7 Å². The van der Waals surface area contributed by atoms with Crippen LogP contribution < -0.4 is 14.4 Å². The van der Waals surface area contributed by atoms with Gasteiger partial charge in [-0.3, -0.25) is 14.6 Å². The molecule has 1 unspecified atom stereocenters. The topological polar surface area (TPSA) is 48.5 Å². The van der Waals surface area contributed by atoms with Crippen LogP contribution >= 0.6 is 0 Å². The molecule has 3 aliphatic rings. The van der Waals surface area contributed by atoms with Crippen LogP contribution in [0.5, 0.6) is 11.5 Å². The highest BCUT2D eigenvalue weighted by Gasteiger charge is 2.27. The van der Waals surface area contributed by atoms with Gasteiger partial charge in [0.15, 0.2) is 11.5 Å². The number of amides is 1. The maximum atomic E-state index is 12.8. The van der Waals surface area contributed by atoms with Crippen molar-refractivity contribution in [2.24, 2.45) is 0 Å². The van der Waals surface area contributed by atoms with Crippen LogP contribution in [0.1, 0.15) is 33.1 Å². The van der Waals surface area contributed by atoms with Gasteiger partial charge in [-0.05, 0) is 25.0 Å². The van der Waals surface area contributed by atoms with Gasteiger partial charge in [0.25, 0.3) is 0 Å². The fourth-order valence-corrected chi connectivity index (χ4v) is 4.85. The molecule has 1 atom stereocenters. The van der Waals surface area contributed by atoms with Crippen molar-refractivity contribution in [1.29, 1.82) is 0 Å². The van der Waals surface area contributed by atoms with Crippen molar-refractivity contribution in [3.63, 3.8) is 0 Å². The first-order chi connectivity index (χ1) is 14.7. The van der Waals surface area contributed by atoms with Crippen LogP contribution in [-0.4, -0.2) is 92.3 Å². The van der Waals surface area contributed by atoms with Crippen molar-refractivity contribution < 1.29 is 14.3 Å². The fourth-order valence-electron chi connectivity index (χ4n) is 4.85. The van der Waals surface area contributed by atoms with Crippen molar-refractivity contribution in [3.05, 3.63) is 18.2 Å². The van der Waals surface area contributed by atoms with Crippen LogP contribution in [0.2, 0.25) is 0 Å². The molecule has 4 rings (SSSR count). The summed E-state index contributed by atoms with van der Waals surface area (Å²) in [6.45, 7) is 12.8. The summed E-state index contributed by atoms with van der Waals surface area (Å²) in [6.07, 6.45) is 3.70. The van der Waals surface area contributed by atoms with Gasteiger partial charge in [-0.1, -0.05) is 20.3 Å². The molecule has 0 radical (unpaired) electrons. The Morgan fingerprint density at radius 1 is 0.967 bits per heavy atom. The van der Waals surface area contributed by atoms with Crippen LogP contribution in [0, 0.1) is 0 Å². The quantitative estimate of drug-likeness (QED) is 0.680. The Kier molecular flexibility index (Phi) is 7.00. The van der Waals surface area contributed by atoms with Gasteiger partial charge in [0.1, 0.15) is 0 Å². The molecule has 0 aliphatic carbocycles. The molecule has 3 heterocycles. The van der Waals surface area contributed by atoms with Crippen molar-refractivity contribution in [1.82, 2.24) is 14.7 Å². The number of benzene rings is 1. The van der Waals surface area contributed by atoms with E-state index in [2.05, 4.69) is 45.6 Å². The summed E-state index contributed by atoms with van der Waals surface area (Å²) in [4.78, 5) is 22.1. The average molecular weight is 417 g/mol. The van der Waals surface area contributed by atoms with Gasteiger partial charge < -0.3 is 19.3 Å². The largest absolute Gasteiger partial charge is 0.454 e. The van der Waals surface area contributed by atoms with E-state index in [4.69, 9.17) is 9.47 Å². The summed E-state index contributed by atoms with van der Waals surface area (Å²) >= 11 is 0. The molecule has 0 N–H and O–H groups in total. The second-order valence-corrected chi connectivity index (χ2v) is 8.57. The molecule has 0 saturated carbocycles. The monoisotopic (exact) mass is 416 g/mol. The smallest absolute Gasteiger partial charge is 0.236 e. The third-order valence-corrected chi connectivity index (χ3v) is 6.73. The Balaban J connectivity index is 1.21. The van der Waals surface area contributed by atoms with Gasteiger partial charge in [0, 0.05) is 70.2 Å². The normalized spacial score (nSPS) is 21.1. The average Bonchev–Trinajstić information content (AvgIpc) is 3.26. The van der Waals surface area contributed by atoms with Crippen molar-refractivity contribution in [3.8, 4) is 11.5 Å². The van der Waals surface area contributed by atoms with E-state index >= 15 is 0 Å². The van der Waals surface area contributed by atoms with Gasteiger partial charge in [-0.25, -0.2) is 0 Å². The Morgan fingerprint density at radius 3 is 2.40 bits per heavy atom. The second kappa shape index (κ2) is 9.88. The molecule has 0 aromatic heterocycles. The molecule has 3 aliphatic heterocycles. The van der Waals surface area contributed by atoms with E-state index in [0.717, 1.165) is 63.9 Å². The molecule has 1 amide bonds. The highest BCUT2D eigenvalue weighted by molar-refractivity contribution is 5.78. The minimum atomic E-state index is 0.287. The highest BCUT2D eigenvalue weighted by atomic mass is 16.7. The predicted octanol–water partition coefficient (Wildman–Crippen LogP) is 2.26. The second-order valence-electron chi connectivity index (χ2n) is 8.57. The van der Waals surface area contributed by atoms with E-state index in [0.29, 0.717) is 19.4 Å². The number of carbonyl (C=O) groups is 1. The highest BCUT2D eigenvalue weighted by Crippen LogP contribution is 2.35. The number of anilines is 1. The summed E-state index contributed by atoms with van der Waals surface area (Å²) in [5.74, 6) is 1.94. The lowest BCUT2D eigenvalue weighted by atomic mass is 10.1. The van der Waals surface area contributed by atoms with Gasteiger partial charge in [-0.2, -0.15) is 0 Å². The van der Waals surface area contributed by atoms with E-state index in [1.165, 1.54) is 24.9 Å². The molecule has 7 nitrogen and oxygen atoms in total. The molecule has 1 aromatic carbocycles. The number of hydrogen-bond acceptors (Lipinski definition) is 6. The van der Waals surface area contributed by atoms with E-state index in [-0.39, 0.29) is 5.91 Å². The lowest BCUT2D eigenvalue weighted by Gasteiger charge is -2.40. The first-order valence-electron chi connectivity index (χ1n) is 11.6. The third-order valence-electron chi connectivity index (χ3n) is 6.73. The number of carbonyl (C=O) groups excluding carboxylic acids is 1. The Bertz CT molecular complexity index is 712. The van der Waals surface area contributed by atoms with E-state index in [1.807, 2.05) is 6.07 Å².